The summed E-state index contributed by atoms with van der Waals surface area (Å²) in [4.78, 5) is 15.8. The van der Waals surface area contributed by atoms with Crippen LogP contribution in [0.25, 0.3) is 22.3 Å². The van der Waals surface area contributed by atoms with Gasteiger partial charge < -0.3 is 5.11 Å². The summed E-state index contributed by atoms with van der Waals surface area (Å²) < 4.78 is 0. The number of fused-ring (bicyclic) bond motifs is 1. The number of pyridine rings is 1. The van der Waals surface area contributed by atoms with Crippen LogP contribution >= 0.6 is 11.6 Å². The number of hydrogen-bond acceptors (Lipinski definition) is 3. The maximum atomic E-state index is 11.4. The van der Waals surface area contributed by atoms with Crippen LogP contribution in [0.2, 0.25) is 5.02 Å². The number of H-pyrrole nitrogens is 1. The van der Waals surface area contributed by atoms with E-state index in [-0.39, 0.29) is 5.56 Å². The van der Waals surface area contributed by atoms with E-state index >= 15 is 0 Å². The van der Waals surface area contributed by atoms with E-state index in [1.165, 1.54) is 0 Å². The molecule has 0 bridgehead atoms. The Balaban J connectivity index is 2.27. The Hall–Kier alpha value is -2.40. The molecule has 0 amide bonds. The van der Waals surface area contributed by atoms with Gasteiger partial charge in [-0.3, -0.25) is 5.10 Å². The molecule has 100 valence electrons. The van der Waals surface area contributed by atoms with Crippen LogP contribution in [-0.4, -0.2) is 26.3 Å². The second-order valence-electron chi connectivity index (χ2n) is 4.41. The number of aromatic amines is 1. The van der Waals surface area contributed by atoms with Crippen molar-refractivity contribution in [3.8, 4) is 11.3 Å². The van der Waals surface area contributed by atoms with Crippen molar-refractivity contribution in [2.75, 3.05) is 0 Å². The number of benzene rings is 1. The molecule has 0 aliphatic rings. The number of nitrogens with one attached hydrogen (secondary N) is 1. The molecular weight excluding hydrogens is 278 g/mol. The first-order chi connectivity index (χ1) is 9.56. The monoisotopic (exact) mass is 287 g/mol. The molecule has 0 radical (unpaired) electrons. The molecule has 0 saturated carbocycles. The first kappa shape index (κ1) is 12.6. The zero-order chi connectivity index (χ0) is 14.3. The fourth-order valence-electron chi connectivity index (χ4n) is 2.11. The van der Waals surface area contributed by atoms with E-state index in [4.69, 9.17) is 11.6 Å². The number of hydrogen-bond donors (Lipinski definition) is 2. The average Bonchev–Trinajstić information content (AvgIpc) is 2.80. The third-order valence-electron chi connectivity index (χ3n) is 3.08. The molecule has 2 aromatic heterocycles. The van der Waals surface area contributed by atoms with E-state index < -0.39 is 5.97 Å². The van der Waals surface area contributed by atoms with Crippen LogP contribution in [-0.2, 0) is 0 Å². The van der Waals surface area contributed by atoms with Gasteiger partial charge in [0.25, 0.3) is 0 Å². The lowest BCUT2D eigenvalue weighted by Crippen LogP contribution is -2.00. The van der Waals surface area contributed by atoms with Gasteiger partial charge >= 0.3 is 5.97 Å². The minimum Gasteiger partial charge on any atom is -0.478 e. The largest absolute Gasteiger partial charge is 0.478 e. The van der Waals surface area contributed by atoms with Crippen molar-refractivity contribution in [1.82, 2.24) is 15.2 Å². The topological polar surface area (TPSA) is 78.9 Å². The van der Waals surface area contributed by atoms with Gasteiger partial charge in [0.2, 0.25) is 0 Å². The quantitative estimate of drug-likeness (QED) is 0.758. The molecule has 3 rings (SSSR count). The SMILES string of the molecule is Cc1[nH]nc2nc(-c3ccc(Cl)cc3)cc(C(=O)O)c12. The van der Waals surface area contributed by atoms with E-state index in [9.17, 15) is 9.90 Å². The first-order valence-corrected chi connectivity index (χ1v) is 6.29. The summed E-state index contributed by atoms with van der Waals surface area (Å²) in [6.07, 6.45) is 0. The highest BCUT2D eigenvalue weighted by atomic mass is 35.5. The number of carboxylic acids is 1. The molecule has 20 heavy (non-hydrogen) atoms. The Morgan fingerprint density at radius 2 is 2.00 bits per heavy atom. The molecule has 6 heteroatoms. The highest BCUT2D eigenvalue weighted by molar-refractivity contribution is 6.30. The van der Waals surface area contributed by atoms with E-state index in [1.807, 2.05) is 0 Å². The number of aromatic carboxylic acids is 1. The molecule has 0 atom stereocenters. The second kappa shape index (κ2) is 4.61. The van der Waals surface area contributed by atoms with Gasteiger partial charge in [-0.15, -0.1) is 0 Å². The predicted molar refractivity (Wildman–Crippen MR) is 76.0 cm³/mol. The number of aromatic nitrogens is 3. The summed E-state index contributed by atoms with van der Waals surface area (Å²) in [6.45, 7) is 1.77. The van der Waals surface area contributed by atoms with Crippen molar-refractivity contribution >= 4 is 28.6 Å². The van der Waals surface area contributed by atoms with Crippen molar-refractivity contribution in [2.24, 2.45) is 0 Å². The Labute approximate surface area is 119 Å². The lowest BCUT2D eigenvalue weighted by molar-refractivity contribution is 0.0699. The molecule has 0 aliphatic carbocycles. The van der Waals surface area contributed by atoms with Gasteiger partial charge in [-0.2, -0.15) is 5.10 Å². The fourth-order valence-corrected chi connectivity index (χ4v) is 2.24. The van der Waals surface area contributed by atoms with Crippen molar-refractivity contribution in [1.29, 1.82) is 0 Å². The van der Waals surface area contributed by atoms with Gasteiger partial charge in [-0.1, -0.05) is 23.7 Å². The second-order valence-corrected chi connectivity index (χ2v) is 4.85. The zero-order valence-electron chi connectivity index (χ0n) is 10.5. The fraction of sp³-hybridized carbons (Fsp3) is 0.0714. The van der Waals surface area contributed by atoms with Crippen molar-refractivity contribution in [3.63, 3.8) is 0 Å². The summed E-state index contributed by atoms with van der Waals surface area (Å²) in [5, 5.41) is 17.3. The smallest absolute Gasteiger partial charge is 0.336 e. The zero-order valence-corrected chi connectivity index (χ0v) is 11.3. The van der Waals surface area contributed by atoms with E-state index in [0.29, 0.717) is 27.4 Å². The van der Waals surface area contributed by atoms with Gasteiger partial charge in [0.05, 0.1) is 16.6 Å². The molecule has 3 aromatic rings. The van der Waals surface area contributed by atoms with Crippen LogP contribution in [0.3, 0.4) is 0 Å². The number of rotatable bonds is 2. The van der Waals surface area contributed by atoms with Crippen LogP contribution < -0.4 is 0 Å². The van der Waals surface area contributed by atoms with Crippen LogP contribution in [0.15, 0.2) is 30.3 Å². The summed E-state index contributed by atoms with van der Waals surface area (Å²) in [6, 6.07) is 8.61. The Bertz CT molecular complexity index is 809. The normalized spacial score (nSPS) is 10.9. The summed E-state index contributed by atoms with van der Waals surface area (Å²) in [7, 11) is 0. The molecule has 1 aromatic carbocycles. The lowest BCUT2D eigenvalue weighted by Gasteiger charge is -2.04. The van der Waals surface area contributed by atoms with Crippen molar-refractivity contribution in [2.45, 2.75) is 6.92 Å². The van der Waals surface area contributed by atoms with E-state index in [1.54, 1.807) is 37.3 Å². The maximum Gasteiger partial charge on any atom is 0.336 e. The van der Waals surface area contributed by atoms with Gasteiger partial charge in [0.15, 0.2) is 5.65 Å². The molecule has 0 saturated heterocycles. The van der Waals surface area contributed by atoms with Gasteiger partial charge in [0.1, 0.15) is 0 Å². The summed E-state index contributed by atoms with van der Waals surface area (Å²) in [5.41, 5.74) is 2.61. The number of nitrogens with zero attached hydrogens (tertiary/aromatic N) is 2. The minimum atomic E-state index is -1.00. The Morgan fingerprint density at radius 1 is 1.30 bits per heavy atom. The number of halogens is 1. The lowest BCUT2D eigenvalue weighted by atomic mass is 10.1. The number of carboxylic acid groups (broad SMARTS) is 1. The average molecular weight is 288 g/mol. The van der Waals surface area contributed by atoms with E-state index in [2.05, 4.69) is 15.2 Å². The van der Waals surface area contributed by atoms with Crippen LogP contribution in [0.5, 0.6) is 0 Å². The molecule has 0 aliphatic heterocycles. The van der Waals surface area contributed by atoms with Gasteiger partial charge in [-0.05, 0) is 25.1 Å². The van der Waals surface area contributed by atoms with Gasteiger partial charge in [-0.25, -0.2) is 9.78 Å². The van der Waals surface area contributed by atoms with Crippen LogP contribution in [0.1, 0.15) is 16.1 Å². The van der Waals surface area contributed by atoms with Crippen LogP contribution in [0, 0.1) is 6.92 Å². The third-order valence-corrected chi connectivity index (χ3v) is 3.33. The summed E-state index contributed by atoms with van der Waals surface area (Å²) >= 11 is 5.85. The molecule has 2 N–H and O–H groups in total. The van der Waals surface area contributed by atoms with E-state index in [0.717, 1.165) is 5.56 Å². The third kappa shape index (κ3) is 2.02. The molecule has 0 fully saturated rings. The minimum absolute atomic E-state index is 0.186. The predicted octanol–water partition coefficient (Wildman–Crippen LogP) is 3.28. The number of carbonyl (C=O) groups is 1. The molecule has 5 nitrogen and oxygen atoms in total. The highest BCUT2D eigenvalue weighted by Crippen LogP contribution is 2.26. The molecule has 2 heterocycles. The first-order valence-electron chi connectivity index (χ1n) is 5.91. The van der Waals surface area contributed by atoms with Crippen molar-refractivity contribution < 1.29 is 9.90 Å². The highest BCUT2D eigenvalue weighted by Gasteiger charge is 2.16. The standard InChI is InChI=1S/C14H10ClN3O2/c1-7-12-10(14(19)20)6-11(16-13(12)18-17-7)8-2-4-9(15)5-3-8/h2-6H,1H3,(H,19,20)(H,16,17,18). The molecular formula is C14H10ClN3O2. The Morgan fingerprint density at radius 3 is 2.65 bits per heavy atom. The molecule has 0 spiro atoms. The van der Waals surface area contributed by atoms with Crippen molar-refractivity contribution in [3.05, 3.63) is 46.6 Å². The Kier molecular flexibility index (Phi) is 2.91. The summed E-state index contributed by atoms with van der Waals surface area (Å²) in [5.74, 6) is -1.00. The van der Waals surface area contributed by atoms with Gasteiger partial charge in [0, 0.05) is 16.3 Å². The number of aryl methyl sites for hydroxylation is 1. The molecule has 0 unspecified atom stereocenters. The maximum absolute atomic E-state index is 11.4. The van der Waals surface area contributed by atoms with Crippen LogP contribution in [0.4, 0.5) is 0 Å².